The molecule has 0 N–H and O–H groups in total. The Morgan fingerprint density at radius 1 is 0.692 bits per heavy atom. The molecule has 2 aromatic heterocycles. The van der Waals surface area contributed by atoms with Crippen LogP contribution in [-0.4, -0.2) is 21.4 Å². The minimum Gasteiger partial charge on any atom is -0.319 e. The van der Waals surface area contributed by atoms with Crippen LogP contribution in [0.3, 0.4) is 0 Å². The Hall–Kier alpha value is -4.92. The second-order valence-electron chi connectivity index (χ2n) is 16.9. The summed E-state index contributed by atoms with van der Waals surface area (Å²) in [5.74, 6) is 0. The van der Waals surface area contributed by atoms with E-state index in [0.717, 1.165) is 5.69 Å². The molecule has 1 atom stereocenters. The Balaban J connectivity index is 1.35. The molecule has 5 heterocycles. The van der Waals surface area contributed by atoms with Gasteiger partial charge in [0.1, 0.15) is 0 Å². The van der Waals surface area contributed by atoms with E-state index in [1.54, 1.807) is 5.30 Å². The van der Waals surface area contributed by atoms with Crippen LogP contribution in [0.25, 0.3) is 27.7 Å². The lowest BCUT2D eigenvalue weighted by Gasteiger charge is -2.45. The molecule has 0 saturated heterocycles. The zero-order valence-corrected chi connectivity index (χ0v) is 32.0. The lowest BCUT2D eigenvalue weighted by atomic mass is 9.36. The summed E-state index contributed by atoms with van der Waals surface area (Å²) in [6.45, 7) is 17.0. The number of hydrogen-bond donors (Lipinski definition) is 0. The third-order valence-corrected chi connectivity index (χ3v) is 16.1. The minimum atomic E-state index is -0.674. The van der Waals surface area contributed by atoms with Crippen molar-refractivity contribution in [2.45, 2.75) is 64.5 Å². The molecule has 0 fully saturated rings. The Labute approximate surface area is 309 Å². The summed E-state index contributed by atoms with van der Waals surface area (Å²) in [7, 11) is -0.674. The molecule has 3 nitrogen and oxygen atoms in total. The molecule has 3 aliphatic rings. The topological polar surface area (TPSA) is 21.1 Å². The lowest BCUT2D eigenvalue weighted by molar-refractivity contribution is 0.419. The maximum atomic E-state index is 5.13. The molecule has 7 aromatic rings. The summed E-state index contributed by atoms with van der Waals surface area (Å²) in [5, 5.41) is 4.34. The summed E-state index contributed by atoms with van der Waals surface area (Å²) < 4.78 is 2.58. The zero-order chi connectivity index (χ0) is 35.7. The second kappa shape index (κ2) is 10.8. The van der Waals surface area contributed by atoms with Crippen LogP contribution < -0.4 is 32.0 Å². The van der Waals surface area contributed by atoms with E-state index in [0.29, 0.717) is 0 Å². The highest BCUT2D eigenvalue weighted by Gasteiger charge is 2.58. The predicted molar refractivity (Wildman–Crippen MR) is 224 cm³/mol. The molecule has 5 heteroatoms. The molecule has 3 aliphatic heterocycles. The predicted octanol–water partition coefficient (Wildman–Crippen LogP) is 9.11. The number of hydrogen-bond acceptors (Lipinski definition) is 2. The van der Waals surface area contributed by atoms with Crippen molar-refractivity contribution in [3.05, 3.63) is 145 Å². The molecular formula is C47H43BN3P. The molecule has 0 saturated carbocycles. The first-order valence-electron chi connectivity index (χ1n) is 18.6. The highest BCUT2D eigenvalue weighted by molar-refractivity contribution is 7.77. The van der Waals surface area contributed by atoms with Gasteiger partial charge < -0.3 is 9.47 Å². The van der Waals surface area contributed by atoms with Crippen molar-refractivity contribution in [2.24, 2.45) is 0 Å². The van der Waals surface area contributed by atoms with E-state index in [9.17, 15) is 0 Å². The fraction of sp³-hybridized carbons (Fsp3) is 0.213. The zero-order valence-electron chi connectivity index (χ0n) is 31.1. The monoisotopic (exact) mass is 691 g/mol. The van der Waals surface area contributed by atoms with Crippen molar-refractivity contribution >= 4 is 69.7 Å². The molecule has 0 radical (unpaired) electrons. The second-order valence-corrected chi connectivity index (χ2v) is 19.6. The van der Waals surface area contributed by atoms with Crippen LogP contribution in [0.1, 0.15) is 59.6 Å². The molecule has 0 amide bonds. The number of anilines is 3. The lowest BCUT2D eigenvalue weighted by Crippen LogP contribution is -2.68. The minimum absolute atomic E-state index is 0.00251. The van der Waals surface area contributed by atoms with Gasteiger partial charge in [-0.3, -0.25) is 4.98 Å². The van der Waals surface area contributed by atoms with Crippen LogP contribution in [0.5, 0.6) is 0 Å². The van der Waals surface area contributed by atoms with Gasteiger partial charge in [-0.15, -0.1) is 0 Å². The van der Waals surface area contributed by atoms with Gasteiger partial charge in [0.2, 0.25) is 0 Å². The Bertz CT molecular complexity index is 2560. The molecule has 0 bridgehead atoms. The number of nitrogens with zero attached hydrogens (tertiary/aromatic N) is 3. The van der Waals surface area contributed by atoms with Crippen LogP contribution >= 0.6 is 7.92 Å². The number of pyridine rings is 1. The van der Waals surface area contributed by atoms with Crippen molar-refractivity contribution in [3.63, 3.8) is 0 Å². The van der Waals surface area contributed by atoms with Crippen molar-refractivity contribution in [2.75, 3.05) is 4.90 Å². The Kier molecular flexibility index (Phi) is 6.61. The Morgan fingerprint density at radius 2 is 1.38 bits per heavy atom. The average molecular weight is 692 g/mol. The highest BCUT2D eigenvalue weighted by atomic mass is 31.1. The van der Waals surface area contributed by atoms with Gasteiger partial charge in [0.05, 0.1) is 23.1 Å². The van der Waals surface area contributed by atoms with Gasteiger partial charge in [-0.05, 0) is 93.5 Å². The van der Waals surface area contributed by atoms with Gasteiger partial charge in [0.25, 0.3) is 6.71 Å². The van der Waals surface area contributed by atoms with Crippen molar-refractivity contribution < 1.29 is 0 Å². The summed E-state index contributed by atoms with van der Waals surface area (Å²) in [4.78, 5) is 7.68. The molecule has 0 aliphatic carbocycles. The summed E-state index contributed by atoms with van der Waals surface area (Å²) in [6, 6.07) is 45.3. The SMILES string of the molecule is CC(C)(C)c1ccc2c(c1)c1c(n2-c2ccccc2)B2c3cccc4c3P(c3cncc(c32)N1c1ccc(-c2ccccc2)cc1)C(C)(C)C4(C)C. The van der Waals surface area contributed by atoms with Crippen LogP contribution in [0.4, 0.5) is 17.1 Å². The first-order chi connectivity index (χ1) is 25.0. The van der Waals surface area contributed by atoms with Crippen LogP contribution in [-0.2, 0) is 10.8 Å². The number of para-hydroxylation sites is 1. The number of aromatic nitrogens is 2. The van der Waals surface area contributed by atoms with Gasteiger partial charge in [-0.25, -0.2) is 0 Å². The maximum absolute atomic E-state index is 5.13. The van der Waals surface area contributed by atoms with Gasteiger partial charge in [0.15, 0.2) is 0 Å². The van der Waals surface area contributed by atoms with E-state index in [1.807, 2.05) is 0 Å². The maximum Gasteiger partial charge on any atom is 0.269 e. The molecule has 10 rings (SSSR count). The van der Waals surface area contributed by atoms with E-state index >= 15 is 0 Å². The first-order valence-corrected chi connectivity index (χ1v) is 19.9. The summed E-state index contributed by atoms with van der Waals surface area (Å²) in [5.41, 5.74) is 15.6. The van der Waals surface area contributed by atoms with Gasteiger partial charge >= 0.3 is 0 Å². The normalized spacial score (nSPS) is 17.6. The molecule has 254 valence electrons. The molecule has 52 heavy (non-hydrogen) atoms. The smallest absolute Gasteiger partial charge is 0.269 e. The fourth-order valence-corrected chi connectivity index (χ4v) is 13.1. The van der Waals surface area contributed by atoms with Crippen molar-refractivity contribution in [3.8, 4) is 16.8 Å². The molecule has 5 aromatic carbocycles. The first kappa shape index (κ1) is 31.8. The van der Waals surface area contributed by atoms with Gasteiger partial charge in [-0.1, -0.05) is 139 Å². The average Bonchev–Trinajstić information content (AvgIpc) is 3.56. The Morgan fingerprint density at radius 3 is 2.10 bits per heavy atom. The molecule has 1 unspecified atom stereocenters. The van der Waals surface area contributed by atoms with Crippen LogP contribution in [0.2, 0.25) is 0 Å². The fourth-order valence-electron chi connectivity index (χ4n) is 9.34. The van der Waals surface area contributed by atoms with Crippen LogP contribution in [0.15, 0.2) is 134 Å². The number of benzene rings is 5. The van der Waals surface area contributed by atoms with E-state index in [4.69, 9.17) is 4.98 Å². The van der Waals surface area contributed by atoms with E-state index in [-0.39, 0.29) is 22.7 Å². The van der Waals surface area contributed by atoms with E-state index in [2.05, 4.69) is 192 Å². The summed E-state index contributed by atoms with van der Waals surface area (Å²) in [6.07, 6.45) is 4.38. The molecule has 0 spiro atoms. The summed E-state index contributed by atoms with van der Waals surface area (Å²) >= 11 is 0. The van der Waals surface area contributed by atoms with Gasteiger partial charge in [-0.2, -0.15) is 0 Å². The van der Waals surface area contributed by atoms with Crippen molar-refractivity contribution in [1.29, 1.82) is 0 Å². The van der Waals surface area contributed by atoms with Crippen molar-refractivity contribution in [1.82, 2.24) is 9.55 Å². The van der Waals surface area contributed by atoms with Gasteiger partial charge in [0, 0.05) is 33.7 Å². The largest absolute Gasteiger partial charge is 0.319 e. The van der Waals surface area contributed by atoms with E-state index < -0.39 is 7.92 Å². The number of fused-ring (bicyclic) bond motifs is 6. The van der Waals surface area contributed by atoms with E-state index in [1.165, 1.54) is 72.0 Å². The van der Waals surface area contributed by atoms with Crippen LogP contribution in [0, 0.1) is 0 Å². The quantitative estimate of drug-likeness (QED) is 0.136. The highest BCUT2D eigenvalue weighted by Crippen LogP contribution is 2.64. The molecular weight excluding hydrogens is 648 g/mol. The third kappa shape index (κ3) is 4.16. The number of rotatable bonds is 3. The third-order valence-electron chi connectivity index (χ3n) is 12.7. The standard InChI is InChI=1S/C47H43BN3P/c1-45(2,3)32-23-26-38-35(27-32)42-44(51(38)33-17-12-9-13-18-33)48-37-20-14-19-36-43(37)52(47(6,7)46(36,4)5)40-29-49-28-39(41(40)48)50(42)34-24-21-31(22-25-34)30-15-10-8-11-16-30/h8-29H,1-7H3.